The second-order valence-corrected chi connectivity index (χ2v) is 8.47. The third kappa shape index (κ3) is 4.07. The molecule has 0 radical (unpaired) electrons. The summed E-state index contributed by atoms with van der Waals surface area (Å²) in [7, 11) is 0. The van der Waals surface area contributed by atoms with Gasteiger partial charge in [-0.3, -0.25) is 9.59 Å². The summed E-state index contributed by atoms with van der Waals surface area (Å²) in [5.41, 5.74) is 4.04. The molecule has 2 aromatic carbocycles. The van der Waals surface area contributed by atoms with E-state index >= 15 is 0 Å². The van der Waals surface area contributed by atoms with Crippen LogP contribution in [0.1, 0.15) is 51.0 Å². The van der Waals surface area contributed by atoms with Crippen molar-refractivity contribution < 1.29 is 9.59 Å². The van der Waals surface area contributed by atoms with Crippen molar-refractivity contribution in [1.82, 2.24) is 0 Å². The minimum Gasteiger partial charge on any atom is -0.370 e. The Kier molecular flexibility index (Phi) is 6.07. The SMILES string of the molecule is CC[C@@H](C)c1ccccc1N1C[C@H](C(=O)Nc2ccccc2N2CCCC2)CC1=O. The molecule has 2 aromatic rings. The molecule has 1 N–H and O–H groups in total. The normalized spacial score (nSPS) is 19.9. The fourth-order valence-corrected chi connectivity index (χ4v) is 4.53. The molecule has 2 amide bonds. The molecule has 5 nitrogen and oxygen atoms in total. The third-order valence-electron chi connectivity index (χ3n) is 6.48. The Morgan fingerprint density at radius 2 is 1.73 bits per heavy atom. The summed E-state index contributed by atoms with van der Waals surface area (Å²) >= 11 is 0. The van der Waals surface area contributed by atoms with E-state index in [1.165, 1.54) is 18.4 Å². The van der Waals surface area contributed by atoms with Gasteiger partial charge in [0, 0.05) is 31.7 Å². The number of nitrogens with one attached hydrogen (secondary N) is 1. The summed E-state index contributed by atoms with van der Waals surface area (Å²) in [6.45, 7) is 6.81. The molecule has 0 unspecified atom stereocenters. The quantitative estimate of drug-likeness (QED) is 0.752. The van der Waals surface area contributed by atoms with Crippen molar-refractivity contribution in [3.63, 3.8) is 0 Å². The molecule has 30 heavy (non-hydrogen) atoms. The standard InChI is InChI=1S/C25H31N3O2/c1-3-18(2)20-10-4-6-12-22(20)28-17-19(16-24(28)29)25(30)26-21-11-5-7-13-23(21)27-14-8-9-15-27/h4-7,10-13,18-19H,3,8-9,14-17H2,1-2H3,(H,26,30)/t18-,19-/m1/s1. The number of rotatable bonds is 6. The summed E-state index contributed by atoms with van der Waals surface area (Å²) < 4.78 is 0. The van der Waals surface area contributed by atoms with E-state index in [-0.39, 0.29) is 24.2 Å². The molecular formula is C25H31N3O2. The number of carbonyl (C=O) groups excluding carboxylic acids is 2. The lowest BCUT2D eigenvalue weighted by Crippen LogP contribution is -2.29. The average molecular weight is 406 g/mol. The lowest BCUT2D eigenvalue weighted by Gasteiger charge is -2.24. The van der Waals surface area contributed by atoms with Crippen molar-refractivity contribution in [1.29, 1.82) is 0 Å². The van der Waals surface area contributed by atoms with Crippen LogP contribution in [0.25, 0.3) is 0 Å². The highest BCUT2D eigenvalue weighted by Crippen LogP contribution is 2.34. The Hall–Kier alpha value is -2.82. The summed E-state index contributed by atoms with van der Waals surface area (Å²) in [5.74, 6) is -0.0133. The topological polar surface area (TPSA) is 52.7 Å². The Labute approximate surface area is 179 Å². The number of nitrogens with zero attached hydrogens (tertiary/aromatic N) is 2. The zero-order chi connectivity index (χ0) is 21.1. The highest BCUT2D eigenvalue weighted by atomic mass is 16.2. The van der Waals surface area contributed by atoms with E-state index in [4.69, 9.17) is 0 Å². The summed E-state index contributed by atoms with van der Waals surface area (Å²) in [6, 6.07) is 16.1. The molecular weight excluding hydrogens is 374 g/mol. The second-order valence-electron chi connectivity index (χ2n) is 8.47. The Morgan fingerprint density at radius 3 is 2.47 bits per heavy atom. The predicted molar refractivity (Wildman–Crippen MR) is 122 cm³/mol. The van der Waals surface area contributed by atoms with Gasteiger partial charge in [-0.05, 0) is 48.9 Å². The van der Waals surface area contributed by atoms with Crippen LogP contribution in [0.5, 0.6) is 0 Å². The van der Waals surface area contributed by atoms with E-state index in [0.29, 0.717) is 12.5 Å². The van der Waals surface area contributed by atoms with Crippen LogP contribution >= 0.6 is 0 Å². The predicted octanol–water partition coefficient (Wildman–Crippen LogP) is 4.79. The molecule has 2 heterocycles. The number of hydrogen-bond donors (Lipinski definition) is 1. The van der Waals surface area contributed by atoms with Crippen LogP contribution in [0.4, 0.5) is 17.1 Å². The number of carbonyl (C=O) groups is 2. The fourth-order valence-electron chi connectivity index (χ4n) is 4.53. The van der Waals surface area contributed by atoms with Crippen molar-refractivity contribution >= 4 is 28.9 Å². The molecule has 2 aliphatic heterocycles. The lowest BCUT2D eigenvalue weighted by atomic mass is 9.96. The van der Waals surface area contributed by atoms with Gasteiger partial charge in [-0.1, -0.05) is 44.2 Å². The van der Waals surface area contributed by atoms with Gasteiger partial charge >= 0.3 is 0 Å². The molecule has 4 rings (SSSR count). The first kappa shape index (κ1) is 20.5. The zero-order valence-corrected chi connectivity index (χ0v) is 17.9. The molecule has 2 aliphatic rings. The summed E-state index contributed by atoms with van der Waals surface area (Å²) in [5, 5.41) is 3.11. The third-order valence-corrected chi connectivity index (χ3v) is 6.48. The first-order chi connectivity index (χ1) is 14.6. The highest BCUT2D eigenvalue weighted by Gasteiger charge is 2.36. The van der Waals surface area contributed by atoms with Gasteiger partial charge in [0.2, 0.25) is 11.8 Å². The largest absolute Gasteiger partial charge is 0.370 e. The average Bonchev–Trinajstić information content (AvgIpc) is 3.43. The highest BCUT2D eigenvalue weighted by molar-refractivity contribution is 6.04. The molecule has 0 aromatic heterocycles. The molecule has 0 bridgehead atoms. The molecule has 158 valence electrons. The minimum atomic E-state index is -0.339. The van der Waals surface area contributed by atoms with Gasteiger partial charge in [-0.2, -0.15) is 0 Å². The van der Waals surface area contributed by atoms with Crippen molar-refractivity contribution in [2.24, 2.45) is 5.92 Å². The van der Waals surface area contributed by atoms with E-state index in [9.17, 15) is 9.59 Å². The summed E-state index contributed by atoms with van der Waals surface area (Å²) in [6.07, 6.45) is 3.64. The van der Waals surface area contributed by atoms with Gasteiger partial charge in [-0.25, -0.2) is 0 Å². The second kappa shape index (κ2) is 8.90. The number of amides is 2. The maximum atomic E-state index is 13.1. The molecule has 2 atom stereocenters. The fraction of sp³-hybridized carbons (Fsp3) is 0.440. The molecule has 0 spiro atoms. The zero-order valence-electron chi connectivity index (χ0n) is 17.9. The maximum absolute atomic E-state index is 13.1. The van der Waals surface area contributed by atoms with E-state index in [2.05, 4.69) is 36.2 Å². The first-order valence-corrected chi connectivity index (χ1v) is 11.1. The Balaban J connectivity index is 1.50. The number of para-hydroxylation sites is 3. The van der Waals surface area contributed by atoms with Gasteiger partial charge in [0.25, 0.3) is 0 Å². The smallest absolute Gasteiger partial charge is 0.229 e. The van der Waals surface area contributed by atoms with Gasteiger partial charge in [0.05, 0.1) is 17.3 Å². The van der Waals surface area contributed by atoms with Crippen LogP contribution in [0.2, 0.25) is 0 Å². The van der Waals surface area contributed by atoms with Gasteiger partial charge in [-0.15, -0.1) is 0 Å². The van der Waals surface area contributed by atoms with Gasteiger partial charge in [0.15, 0.2) is 0 Å². The molecule has 2 saturated heterocycles. The van der Waals surface area contributed by atoms with Crippen LogP contribution in [-0.4, -0.2) is 31.4 Å². The van der Waals surface area contributed by atoms with Gasteiger partial charge in [0.1, 0.15) is 0 Å². The molecule has 0 aliphatic carbocycles. The van der Waals surface area contributed by atoms with Crippen LogP contribution in [0.3, 0.4) is 0 Å². The van der Waals surface area contributed by atoms with E-state index in [1.54, 1.807) is 4.90 Å². The van der Waals surface area contributed by atoms with Crippen LogP contribution < -0.4 is 15.1 Å². The lowest BCUT2D eigenvalue weighted by molar-refractivity contribution is -0.122. The van der Waals surface area contributed by atoms with Crippen molar-refractivity contribution in [3.8, 4) is 0 Å². The monoisotopic (exact) mass is 405 g/mol. The van der Waals surface area contributed by atoms with Crippen molar-refractivity contribution in [2.45, 2.75) is 45.4 Å². The van der Waals surface area contributed by atoms with Crippen LogP contribution in [-0.2, 0) is 9.59 Å². The summed E-state index contributed by atoms with van der Waals surface area (Å²) in [4.78, 5) is 30.0. The maximum Gasteiger partial charge on any atom is 0.229 e. The van der Waals surface area contributed by atoms with Crippen LogP contribution in [0, 0.1) is 5.92 Å². The molecule has 2 fully saturated rings. The number of hydrogen-bond acceptors (Lipinski definition) is 3. The van der Waals surface area contributed by atoms with E-state index in [1.807, 2.05) is 36.4 Å². The van der Waals surface area contributed by atoms with Crippen molar-refractivity contribution in [3.05, 3.63) is 54.1 Å². The first-order valence-electron chi connectivity index (χ1n) is 11.1. The number of benzene rings is 2. The Morgan fingerprint density at radius 1 is 1.07 bits per heavy atom. The molecule has 0 saturated carbocycles. The van der Waals surface area contributed by atoms with Gasteiger partial charge < -0.3 is 15.1 Å². The number of anilines is 3. The van der Waals surface area contributed by atoms with Crippen LogP contribution in [0.15, 0.2) is 48.5 Å². The van der Waals surface area contributed by atoms with Crippen molar-refractivity contribution in [2.75, 3.05) is 34.8 Å². The van der Waals surface area contributed by atoms with E-state index < -0.39 is 0 Å². The molecule has 5 heteroatoms. The Bertz CT molecular complexity index is 920. The van der Waals surface area contributed by atoms with E-state index in [0.717, 1.165) is 36.6 Å². The minimum absolute atomic E-state index is 0.0266.